The van der Waals surface area contributed by atoms with Gasteiger partial charge < -0.3 is 18.8 Å². The minimum Gasteiger partial charge on any atom is -0.494 e. The van der Waals surface area contributed by atoms with E-state index in [1.807, 2.05) is 37.3 Å². The van der Waals surface area contributed by atoms with E-state index in [0.717, 1.165) is 42.6 Å². The molecule has 0 spiro atoms. The third kappa shape index (κ3) is 7.06. The van der Waals surface area contributed by atoms with Crippen LogP contribution in [0.25, 0.3) is 0 Å². The van der Waals surface area contributed by atoms with E-state index in [9.17, 15) is 9.59 Å². The topological polar surface area (TPSA) is 83.3 Å². The first kappa shape index (κ1) is 22.2. The van der Waals surface area contributed by atoms with Crippen molar-refractivity contribution in [2.24, 2.45) is 0 Å². The number of aldehydes is 1. The van der Waals surface area contributed by atoms with Gasteiger partial charge in [0.2, 0.25) is 0 Å². The molecule has 0 atom stereocenters. The fraction of sp³-hybridized carbons (Fsp3) is 0.333. The van der Waals surface area contributed by atoms with Crippen LogP contribution in [0.15, 0.2) is 59.7 Å². The molecule has 0 amide bonds. The minimum absolute atomic E-state index is 0.125. The smallest absolute Gasteiger partial charge is 0.254 e. The Morgan fingerprint density at radius 2 is 1.74 bits per heavy atom. The highest BCUT2D eigenvalue weighted by Gasteiger charge is 2.07. The van der Waals surface area contributed by atoms with Crippen molar-refractivity contribution < 1.29 is 14.3 Å². The van der Waals surface area contributed by atoms with E-state index in [2.05, 4.69) is 9.97 Å². The van der Waals surface area contributed by atoms with Crippen LogP contribution in [-0.2, 0) is 17.9 Å². The first-order valence-electron chi connectivity index (χ1n) is 10.4. The molecular formula is C24H27N3O4. The third-order valence-electron chi connectivity index (χ3n) is 4.79. The highest BCUT2D eigenvalue weighted by atomic mass is 16.5. The Labute approximate surface area is 181 Å². The predicted molar refractivity (Wildman–Crippen MR) is 117 cm³/mol. The van der Waals surface area contributed by atoms with Crippen LogP contribution in [0.3, 0.4) is 0 Å². The molecular weight excluding hydrogens is 394 g/mol. The Balaban J connectivity index is 1.54. The molecule has 0 unspecified atom stereocenters. The first-order chi connectivity index (χ1) is 15.2. The molecule has 0 aliphatic heterocycles. The number of benzene rings is 1. The van der Waals surface area contributed by atoms with Crippen molar-refractivity contribution in [1.29, 1.82) is 0 Å². The molecule has 7 nitrogen and oxygen atoms in total. The molecule has 0 saturated heterocycles. The largest absolute Gasteiger partial charge is 0.494 e. The Kier molecular flexibility index (Phi) is 8.34. The van der Waals surface area contributed by atoms with Crippen molar-refractivity contribution in [3.63, 3.8) is 0 Å². The van der Waals surface area contributed by atoms with Crippen LogP contribution in [0.1, 0.15) is 42.8 Å². The number of unbranched alkanes of at least 4 members (excludes halogenated alkanes) is 3. The summed E-state index contributed by atoms with van der Waals surface area (Å²) in [7, 11) is 0. The van der Waals surface area contributed by atoms with Gasteiger partial charge >= 0.3 is 0 Å². The van der Waals surface area contributed by atoms with Crippen LogP contribution in [0.5, 0.6) is 11.5 Å². The van der Waals surface area contributed by atoms with Gasteiger partial charge in [0.15, 0.2) is 5.82 Å². The second-order valence-corrected chi connectivity index (χ2v) is 7.22. The molecule has 0 fully saturated rings. The van der Waals surface area contributed by atoms with Crippen LogP contribution in [0.4, 0.5) is 0 Å². The number of aromatic nitrogens is 3. The zero-order chi connectivity index (χ0) is 21.9. The van der Waals surface area contributed by atoms with E-state index < -0.39 is 0 Å². The highest BCUT2D eigenvalue weighted by Crippen LogP contribution is 2.16. The highest BCUT2D eigenvalue weighted by molar-refractivity contribution is 5.48. The van der Waals surface area contributed by atoms with Crippen LogP contribution >= 0.6 is 0 Å². The summed E-state index contributed by atoms with van der Waals surface area (Å²) in [6.45, 7) is 3.20. The van der Waals surface area contributed by atoms with Crippen molar-refractivity contribution in [1.82, 2.24) is 14.5 Å². The van der Waals surface area contributed by atoms with E-state index in [0.29, 0.717) is 31.1 Å². The van der Waals surface area contributed by atoms with Gasteiger partial charge in [-0.05, 0) is 56.0 Å². The lowest BCUT2D eigenvalue weighted by atomic mass is 10.2. The summed E-state index contributed by atoms with van der Waals surface area (Å²) in [6.07, 6.45) is 7.69. The number of ether oxygens (including phenoxy) is 2. The third-order valence-corrected chi connectivity index (χ3v) is 4.79. The average Bonchev–Trinajstić information content (AvgIpc) is 2.79. The van der Waals surface area contributed by atoms with Crippen LogP contribution < -0.4 is 15.0 Å². The summed E-state index contributed by atoms with van der Waals surface area (Å²) in [5, 5.41) is 0. The molecule has 0 aliphatic carbocycles. The second-order valence-electron chi connectivity index (χ2n) is 7.22. The zero-order valence-corrected chi connectivity index (χ0v) is 17.7. The van der Waals surface area contributed by atoms with Crippen molar-refractivity contribution in [3.8, 4) is 11.5 Å². The summed E-state index contributed by atoms with van der Waals surface area (Å²) >= 11 is 0. The number of carbonyl (C=O) groups is 1. The van der Waals surface area contributed by atoms with Gasteiger partial charge in [-0.15, -0.1) is 0 Å². The van der Waals surface area contributed by atoms with Crippen LogP contribution in [-0.4, -0.2) is 27.4 Å². The van der Waals surface area contributed by atoms with Crippen molar-refractivity contribution in [3.05, 3.63) is 82.3 Å². The molecule has 0 aliphatic rings. The minimum atomic E-state index is -0.125. The van der Waals surface area contributed by atoms with Crippen LogP contribution in [0, 0.1) is 6.92 Å². The molecule has 0 radical (unpaired) electrons. The molecule has 31 heavy (non-hydrogen) atoms. The van der Waals surface area contributed by atoms with E-state index in [-0.39, 0.29) is 12.2 Å². The maximum Gasteiger partial charge on any atom is 0.254 e. The van der Waals surface area contributed by atoms with Crippen molar-refractivity contribution in [2.75, 3.05) is 6.61 Å². The van der Waals surface area contributed by atoms with Gasteiger partial charge in [-0.2, -0.15) is 0 Å². The van der Waals surface area contributed by atoms with Gasteiger partial charge in [0.25, 0.3) is 5.56 Å². The average molecular weight is 421 g/mol. The molecule has 1 aromatic carbocycles. The number of hydrogen-bond donors (Lipinski definition) is 0. The van der Waals surface area contributed by atoms with E-state index in [4.69, 9.17) is 9.47 Å². The fourth-order valence-corrected chi connectivity index (χ4v) is 3.11. The van der Waals surface area contributed by atoms with Gasteiger partial charge in [-0.1, -0.05) is 12.1 Å². The first-order valence-corrected chi connectivity index (χ1v) is 10.4. The molecule has 2 heterocycles. The molecule has 0 bridgehead atoms. The van der Waals surface area contributed by atoms with Gasteiger partial charge in [-0.25, -0.2) is 9.97 Å². The van der Waals surface area contributed by atoms with Gasteiger partial charge in [0, 0.05) is 30.6 Å². The molecule has 0 N–H and O–H groups in total. The van der Waals surface area contributed by atoms with Crippen molar-refractivity contribution in [2.45, 2.75) is 45.8 Å². The lowest BCUT2D eigenvalue weighted by Crippen LogP contribution is -2.22. The molecule has 3 aromatic rings. The SMILES string of the molecule is Cc1cc(OCc2ncccn2)cc(=O)n1Cc1ccc(OCCCCCC=O)cc1. The lowest BCUT2D eigenvalue weighted by molar-refractivity contribution is -0.107. The number of nitrogens with zero attached hydrogens (tertiary/aromatic N) is 3. The summed E-state index contributed by atoms with van der Waals surface area (Å²) in [6, 6.07) is 12.8. The molecule has 162 valence electrons. The standard InChI is InChI=1S/C24H27N3O4/c1-19-15-22(31-18-23-25-11-6-12-26-23)16-24(29)27(19)17-20-7-9-21(10-8-20)30-14-5-3-2-4-13-28/h6-13,15-16H,2-5,14,17-18H2,1H3. The fourth-order valence-electron chi connectivity index (χ4n) is 3.11. The quantitative estimate of drug-likeness (QED) is 0.327. The lowest BCUT2D eigenvalue weighted by Gasteiger charge is -2.13. The summed E-state index contributed by atoms with van der Waals surface area (Å²) in [5.74, 6) is 1.87. The van der Waals surface area contributed by atoms with E-state index in [1.165, 1.54) is 6.07 Å². The second kappa shape index (κ2) is 11.6. The summed E-state index contributed by atoms with van der Waals surface area (Å²) in [5.41, 5.74) is 1.70. The molecule has 2 aromatic heterocycles. The number of pyridine rings is 1. The molecule has 0 saturated carbocycles. The normalized spacial score (nSPS) is 10.6. The Morgan fingerprint density at radius 3 is 2.45 bits per heavy atom. The predicted octanol–water partition coefficient (Wildman–Crippen LogP) is 3.71. The zero-order valence-electron chi connectivity index (χ0n) is 17.7. The van der Waals surface area contributed by atoms with Gasteiger partial charge in [-0.3, -0.25) is 4.79 Å². The number of rotatable bonds is 12. The Bertz CT molecular complexity index is 1020. The maximum absolute atomic E-state index is 12.6. The number of hydrogen-bond acceptors (Lipinski definition) is 6. The molecule has 3 rings (SSSR count). The number of aryl methyl sites for hydroxylation is 1. The monoisotopic (exact) mass is 421 g/mol. The summed E-state index contributed by atoms with van der Waals surface area (Å²) in [4.78, 5) is 31.1. The van der Waals surface area contributed by atoms with Gasteiger partial charge in [0.1, 0.15) is 24.4 Å². The van der Waals surface area contributed by atoms with E-state index in [1.54, 1.807) is 23.0 Å². The summed E-state index contributed by atoms with van der Waals surface area (Å²) < 4.78 is 13.1. The molecule has 7 heteroatoms. The van der Waals surface area contributed by atoms with Gasteiger partial charge in [0.05, 0.1) is 13.2 Å². The Morgan fingerprint density at radius 1 is 0.968 bits per heavy atom. The maximum atomic E-state index is 12.6. The Hall–Kier alpha value is -3.48. The van der Waals surface area contributed by atoms with Crippen LogP contribution in [0.2, 0.25) is 0 Å². The number of carbonyl (C=O) groups excluding carboxylic acids is 1. The van der Waals surface area contributed by atoms with E-state index >= 15 is 0 Å². The van der Waals surface area contributed by atoms with Crippen molar-refractivity contribution >= 4 is 6.29 Å².